The number of benzene rings is 1. The minimum atomic E-state index is -0.319. The van der Waals surface area contributed by atoms with E-state index in [9.17, 15) is 4.39 Å². The summed E-state index contributed by atoms with van der Waals surface area (Å²) in [5, 5.41) is 0.432. The third kappa shape index (κ3) is 3.83. The summed E-state index contributed by atoms with van der Waals surface area (Å²) in [5.41, 5.74) is 2.18. The lowest BCUT2D eigenvalue weighted by molar-refractivity contribution is -0.0281. The Balaban J connectivity index is 1.66. The van der Waals surface area contributed by atoms with Crippen LogP contribution in [0.15, 0.2) is 29.8 Å². The van der Waals surface area contributed by atoms with Gasteiger partial charge >= 0.3 is 0 Å². The first kappa shape index (κ1) is 15.0. The molecule has 1 aromatic carbocycles. The molecule has 1 saturated heterocycles. The van der Waals surface area contributed by atoms with Crippen molar-refractivity contribution in [3.63, 3.8) is 0 Å². The van der Waals surface area contributed by atoms with Gasteiger partial charge in [0.1, 0.15) is 5.82 Å². The molecule has 1 fully saturated rings. The van der Waals surface area contributed by atoms with Crippen LogP contribution in [0.4, 0.5) is 4.39 Å². The van der Waals surface area contributed by atoms with Crippen LogP contribution in [0.2, 0.25) is 5.02 Å². The van der Waals surface area contributed by atoms with Crippen molar-refractivity contribution in [2.75, 3.05) is 39.5 Å². The molecule has 3 nitrogen and oxygen atoms in total. The summed E-state index contributed by atoms with van der Waals surface area (Å²) in [6, 6.07) is 4.49. The molecule has 2 aliphatic heterocycles. The van der Waals surface area contributed by atoms with E-state index in [0.717, 1.165) is 44.8 Å². The van der Waals surface area contributed by atoms with Gasteiger partial charge in [-0.1, -0.05) is 23.7 Å². The van der Waals surface area contributed by atoms with Gasteiger partial charge in [-0.2, -0.15) is 0 Å². The Morgan fingerprint density at radius 2 is 2.24 bits per heavy atom. The largest absolute Gasteiger partial charge is 0.377 e. The maximum Gasteiger partial charge on any atom is 0.124 e. The van der Waals surface area contributed by atoms with Gasteiger partial charge in [-0.15, -0.1) is 0 Å². The topological polar surface area (TPSA) is 21.7 Å². The van der Waals surface area contributed by atoms with E-state index < -0.39 is 0 Å². The lowest BCUT2D eigenvalue weighted by atomic mass is 10.1. The van der Waals surface area contributed by atoms with Crippen LogP contribution in [-0.2, 0) is 9.47 Å². The summed E-state index contributed by atoms with van der Waals surface area (Å²) in [7, 11) is 0. The van der Waals surface area contributed by atoms with Crippen LogP contribution in [0.1, 0.15) is 18.1 Å². The highest BCUT2D eigenvalue weighted by atomic mass is 35.5. The molecule has 2 heterocycles. The van der Waals surface area contributed by atoms with Gasteiger partial charge in [-0.05, 0) is 24.1 Å². The molecular weight excluding hydrogens is 293 g/mol. The zero-order valence-electron chi connectivity index (χ0n) is 11.9. The minimum absolute atomic E-state index is 0.100. The lowest BCUT2D eigenvalue weighted by Crippen LogP contribution is -2.40. The standard InChI is InChI=1S/C16H19ClFNO2/c17-15-8-13(18)3-4-14(15)16-10-19(5-7-21-16)9-12-2-1-6-20-11-12/h2-4,8,16H,1,5-7,9-11H2. The molecule has 1 atom stereocenters. The molecule has 114 valence electrons. The zero-order valence-corrected chi connectivity index (χ0v) is 12.6. The molecule has 2 aliphatic rings. The maximum atomic E-state index is 13.1. The van der Waals surface area contributed by atoms with Crippen molar-refractivity contribution in [3.05, 3.63) is 46.3 Å². The SMILES string of the molecule is Fc1ccc(C2CN(CC3=CCCOC3)CCO2)c(Cl)c1. The molecule has 0 bridgehead atoms. The van der Waals surface area contributed by atoms with Crippen molar-refractivity contribution in [2.24, 2.45) is 0 Å². The van der Waals surface area contributed by atoms with Crippen LogP contribution in [0, 0.1) is 5.82 Å². The fourth-order valence-electron chi connectivity index (χ4n) is 2.80. The highest BCUT2D eigenvalue weighted by Crippen LogP contribution is 2.29. The third-order valence-electron chi connectivity index (χ3n) is 3.87. The van der Waals surface area contributed by atoms with Crippen molar-refractivity contribution < 1.29 is 13.9 Å². The molecule has 0 N–H and O–H groups in total. The zero-order chi connectivity index (χ0) is 14.7. The van der Waals surface area contributed by atoms with Crippen LogP contribution < -0.4 is 0 Å². The fourth-order valence-corrected chi connectivity index (χ4v) is 3.09. The van der Waals surface area contributed by atoms with Crippen molar-refractivity contribution in [1.29, 1.82) is 0 Å². The Morgan fingerprint density at radius 3 is 3.00 bits per heavy atom. The van der Waals surface area contributed by atoms with Gasteiger partial charge in [-0.3, -0.25) is 4.90 Å². The molecule has 0 saturated carbocycles. The molecule has 0 aromatic heterocycles. The molecule has 1 unspecified atom stereocenters. The molecule has 0 spiro atoms. The van der Waals surface area contributed by atoms with Crippen LogP contribution in [0.25, 0.3) is 0 Å². The first-order chi connectivity index (χ1) is 10.2. The van der Waals surface area contributed by atoms with E-state index in [1.807, 2.05) is 0 Å². The lowest BCUT2D eigenvalue weighted by Gasteiger charge is -2.34. The van der Waals surface area contributed by atoms with Crippen LogP contribution in [0.5, 0.6) is 0 Å². The van der Waals surface area contributed by atoms with E-state index in [-0.39, 0.29) is 11.9 Å². The van der Waals surface area contributed by atoms with Crippen molar-refractivity contribution in [3.8, 4) is 0 Å². The summed E-state index contributed by atoms with van der Waals surface area (Å²) in [4.78, 5) is 2.34. The molecule has 0 aliphatic carbocycles. The molecular formula is C16H19ClFNO2. The van der Waals surface area contributed by atoms with E-state index in [1.165, 1.54) is 17.7 Å². The number of ether oxygens (including phenoxy) is 2. The Kier molecular flexibility index (Phi) is 4.91. The number of morpholine rings is 1. The molecule has 1 aromatic rings. The Hall–Kier alpha value is -0.940. The Morgan fingerprint density at radius 1 is 1.33 bits per heavy atom. The fraction of sp³-hybridized carbons (Fsp3) is 0.500. The Bertz CT molecular complexity index is 535. The maximum absolute atomic E-state index is 13.1. The molecule has 3 rings (SSSR count). The van der Waals surface area contributed by atoms with Gasteiger partial charge in [-0.25, -0.2) is 4.39 Å². The highest BCUT2D eigenvalue weighted by molar-refractivity contribution is 6.31. The number of halogens is 2. The molecule has 5 heteroatoms. The van der Waals surface area contributed by atoms with Crippen LogP contribution >= 0.6 is 11.6 Å². The first-order valence-corrected chi connectivity index (χ1v) is 7.65. The van der Waals surface area contributed by atoms with Crippen LogP contribution in [-0.4, -0.2) is 44.4 Å². The summed E-state index contributed by atoms with van der Waals surface area (Å²) in [6.45, 7) is 4.76. The second kappa shape index (κ2) is 6.88. The van der Waals surface area contributed by atoms with E-state index in [0.29, 0.717) is 11.6 Å². The quantitative estimate of drug-likeness (QED) is 0.800. The summed E-state index contributed by atoms with van der Waals surface area (Å²) in [6.07, 6.45) is 3.16. The third-order valence-corrected chi connectivity index (χ3v) is 4.20. The smallest absolute Gasteiger partial charge is 0.124 e. The highest BCUT2D eigenvalue weighted by Gasteiger charge is 2.24. The first-order valence-electron chi connectivity index (χ1n) is 7.27. The van der Waals surface area contributed by atoms with Gasteiger partial charge in [0, 0.05) is 30.2 Å². The second-order valence-corrected chi connectivity index (χ2v) is 5.87. The monoisotopic (exact) mass is 311 g/mol. The number of hydrogen-bond acceptors (Lipinski definition) is 3. The number of hydrogen-bond donors (Lipinski definition) is 0. The van der Waals surface area contributed by atoms with Gasteiger partial charge in [0.05, 0.1) is 25.9 Å². The molecule has 0 radical (unpaired) electrons. The predicted octanol–water partition coefficient (Wildman–Crippen LogP) is 3.20. The van der Waals surface area contributed by atoms with E-state index in [4.69, 9.17) is 21.1 Å². The van der Waals surface area contributed by atoms with Crippen molar-refractivity contribution in [2.45, 2.75) is 12.5 Å². The van der Waals surface area contributed by atoms with Gasteiger partial charge in [0.15, 0.2) is 0 Å². The van der Waals surface area contributed by atoms with E-state index in [1.54, 1.807) is 6.07 Å². The molecule has 21 heavy (non-hydrogen) atoms. The summed E-state index contributed by atoms with van der Waals surface area (Å²) in [5.74, 6) is -0.319. The van der Waals surface area contributed by atoms with Gasteiger partial charge < -0.3 is 9.47 Å². The Labute approximate surface area is 129 Å². The second-order valence-electron chi connectivity index (χ2n) is 5.46. The predicted molar refractivity (Wildman–Crippen MR) is 80.1 cm³/mol. The van der Waals surface area contributed by atoms with E-state index in [2.05, 4.69) is 11.0 Å². The summed E-state index contributed by atoms with van der Waals surface area (Å²) < 4.78 is 24.4. The number of nitrogens with zero attached hydrogens (tertiary/aromatic N) is 1. The molecule has 0 amide bonds. The number of rotatable bonds is 3. The average Bonchev–Trinajstić information content (AvgIpc) is 2.48. The van der Waals surface area contributed by atoms with Gasteiger partial charge in [0.25, 0.3) is 0 Å². The normalized spacial score (nSPS) is 23.9. The minimum Gasteiger partial charge on any atom is -0.377 e. The van der Waals surface area contributed by atoms with Crippen LogP contribution in [0.3, 0.4) is 0 Å². The van der Waals surface area contributed by atoms with Gasteiger partial charge in [0.2, 0.25) is 0 Å². The van der Waals surface area contributed by atoms with E-state index >= 15 is 0 Å². The van der Waals surface area contributed by atoms with Crippen molar-refractivity contribution >= 4 is 11.6 Å². The van der Waals surface area contributed by atoms with Crippen molar-refractivity contribution in [1.82, 2.24) is 4.90 Å². The summed E-state index contributed by atoms with van der Waals surface area (Å²) >= 11 is 6.13. The average molecular weight is 312 g/mol.